The summed E-state index contributed by atoms with van der Waals surface area (Å²) in [6.45, 7) is 5.70. The predicted molar refractivity (Wildman–Crippen MR) is 66.0 cm³/mol. The highest BCUT2D eigenvalue weighted by Gasteiger charge is 2.24. The van der Waals surface area contributed by atoms with Crippen molar-refractivity contribution in [3.8, 4) is 0 Å². The van der Waals surface area contributed by atoms with Gasteiger partial charge in [-0.2, -0.15) is 0 Å². The van der Waals surface area contributed by atoms with Crippen molar-refractivity contribution in [1.29, 1.82) is 0 Å². The summed E-state index contributed by atoms with van der Waals surface area (Å²) in [5, 5.41) is 3.15. The van der Waals surface area contributed by atoms with Crippen LogP contribution in [0.4, 0.5) is 0 Å². The molecule has 5 nitrogen and oxygen atoms in total. The molecule has 2 atom stereocenters. The molecular formula is C12H24N2O3. The van der Waals surface area contributed by atoms with Crippen LogP contribution in [0.3, 0.4) is 0 Å². The number of esters is 1. The van der Waals surface area contributed by atoms with Crippen molar-refractivity contribution in [3.05, 3.63) is 0 Å². The third-order valence-corrected chi connectivity index (χ3v) is 3.23. The summed E-state index contributed by atoms with van der Waals surface area (Å²) in [6, 6.07) is -0.188. The number of nitrogens with zero attached hydrogens (tertiary/aromatic N) is 1. The lowest BCUT2D eigenvalue weighted by Crippen LogP contribution is -2.40. The second kappa shape index (κ2) is 7.63. The lowest BCUT2D eigenvalue weighted by atomic mass is 10.2. The van der Waals surface area contributed by atoms with E-state index in [1.807, 2.05) is 6.92 Å². The molecule has 0 amide bonds. The minimum atomic E-state index is -0.188. The fourth-order valence-corrected chi connectivity index (χ4v) is 2.20. The lowest BCUT2D eigenvalue weighted by Gasteiger charge is -2.20. The summed E-state index contributed by atoms with van der Waals surface area (Å²) in [5.41, 5.74) is 0. The highest BCUT2D eigenvalue weighted by atomic mass is 16.5. The van der Waals surface area contributed by atoms with Crippen molar-refractivity contribution in [2.75, 3.05) is 40.4 Å². The van der Waals surface area contributed by atoms with Crippen molar-refractivity contribution in [1.82, 2.24) is 10.2 Å². The Morgan fingerprint density at radius 1 is 1.53 bits per heavy atom. The molecule has 0 saturated carbocycles. The third kappa shape index (κ3) is 4.61. The van der Waals surface area contributed by atoms with Crippen LogP contribution in [0.1, 0.15) is 19.8 Å². The average molecular weight is 244 g/mol. The van der Waals surface area contributed by atoms with Gasteiger partial charge in [-0.05, 0) is 19.4 Å². The van der Waals surface area contributed by atoms with Gasteiger partial charge in [-0.3, -0.25) is 4.79 Å². The van der Waals surface area contributed by atoms with E-state index in [0.717, 1.165) is 39.0 Å². The first-order valence-electron chi connectivity index (χ1n) is 6.27. The van der Waals surface area contributed by atoms with Crippen LogP contribution in [-0.2, 0) is 14.3 Å². The summed E-state index contributed by atoms with van der Waals surface area (Å²) >= 11 is 0. The largest absolute Gasteiger partial charge is 0.468 e. The van der Waals surface area contributed by atoms with Gasteiger partial charge in [0.15, 0.2) is 0 Å². The Morgan fingerprint density at radius 2 is 2.29 bits per heavy atom. The first kappa shape index (κ1) is 14.4. The van der Waals surface area contributed by atoms with Crippen LogP contribution in [0.2, 0.25) is 0 Å². The monoisotopic (exact) mass is 244 g/mol. The summed E-state index contributed by atoms with van der Waals surface area (Å²) in [5.74, 6) is -0.172. The van der Waals surface area contributed by atoms with Crippen molar-refractivity contribution in [2.24, 2.45) is 0 Å². The minimum absolute atomic E-state index is 0.172. The Balaban J connectivity index is 2.29. The first-order valence-corrected chi connectivity index (χ1v) is 6.27. The van der Waals surface area contributed by atoms with Crippen LogP contribution in [0.15, 0.2) is 0 Å². The second-order valence-corrected chi connectivity index (χ2v) is 4.37. The molecule has 2 unspecified atom stereocenters. The van der Waals surface area contributed by atoms with Crippen molar-refractivity contribution < 1.29 is 14.3 Å². The van der Waals surface area contributed by atoms with Gasteiger partial charge in [0.2, 0.25) is 0 Å². The summed E-state index contributed by atoms with van der Waals surface area (Å²) in [4.78, 5) is 13.8. The van der Waals surface area contributed by atoms with Crippen molar-refractivity contribution >= 4 is 5.97 Å². The van der Waals surface area contributed by atoms with Gasteiger partial charge >= 0.3 is 5.97 Å². The maximum absolute atomic E-state index is 11.5. The second-order valence-electron chi connectivity index (χ2n) is 4.37. The highest BCUT2D eigenvalue weighted by Crippen LogP contribution is 2.12. The Hall–Kier alpha value is -0.650. The molecule has 1 aliphatic heterocycles. The number of likely N-dealkylation sites (tertiary alicyclic amines) is 1. The summed E-state index contributed by atoms with van der Waals surface area (Å²) in [6.07, 6.45) is 2.23. The Bertz CT molecular complexity index is 236. The molecule has 5 heteroatoms. The van der Waals surface area contributed by atoms with Gasteiger partial charge in [0.1, 0.15) is 6.04 Å². The Morgan fingerprint density at radius 3 is 2.82 bits per heavy atom. The van der Waals surface area contributed by atoms with E-state index in [9.17, 15) is 4.79 Å². The predicted octanol–water partition coefficient (Wildman–Crippen LogP) is 0.248. The fourth-order valence-electron chi connectivity index (χ4n) is 2.20. The van der Waals surface area contributed by atoms with Gasteiger partial charge in [0.25, 0.3) is 0 Å². The molecule has 1 N–H and O–H groups in total. The van der Waals surface area contributed by atoms with Crippen LogP contribution in [0.25, 0.3) is 0 Å². The van der Waals surface area contributed by atoms with Gasteiger partial charge in [0.05, 0.1) is 13.2 Å². The van der Waals surface area contributed by atoms with E-state index in [2.05, 4.69) is 10.2 Å². The maximum atomic E-state index is 11.5. The van der Waals surface area contributed by atoms with E-state index in [1.54, 1.807) is 7.11 Å². The first-order chi connectivity index (χ1) is 8.21. The molecule has 1 fully saturated rings. The van der Waals surface area contributed by atoms with Gasteiger partial charge < -0.3 is 19.7 Å². The van der Waals surface area contributed by atoms with E-state index >= 15 is 0 Å². The van der Waals surface area contributed by atoms with Crippen molar-refractivity contribution in [2.45, 2.75) is 31.9 Å². The molecule has 0 aromatic heterocycles. The van der Waals surface area contributed by atoms with E-state index in [-0.39, 0.29) is 12.0 Å². The molecule has 0 spiro atoms. The zero-order valence-electron chi connectivity index (χ0n) is 11.1. The molecule has 0 aromatic carbocycles. The zero-order valence-corrected chi connectivity index (χ0v) is 11.1. The number of likely N-dealkylation sites (N-methyl/N-ethyl adjacent to an activating group) is 1. The number of rotatable bonds is 7. The molecule has 1 saturated heterocycles. The number of nitrogens with one attached hydrogen (secondary N) is 1. The molecule has 1 heterocycles. The molecule has 0 bridgehead atoms. The fraction of sp³-hybridized carbons (Fsp3) is 0.917. The van der Waals surface area contributed by atoms with Crippen LogP contribution in [0, 0.1) is 0 Å². The molecule has 0 aliphatic carbocycles. The molecule has 0 aromatic rings. The van der Waals surface area contributed by atoms with Crippen LogP contribution < -0.4 is 5.32 Å². The van der Waals surface area contributed by atoms with E-state index in [0.29, 0.717) is 6.10 Å². The lowest BCUT2D eigenvalue weighted by molar-refractivity contribution is -0.143. The third-order valence-electron chi connectivity index (χ3n) is 3.23. The highest BCUT2D eigenvalue weighted by molar-refractivity contribution is 5.75. The number of carbonyl (C=O) groups is 1. The van der Waals surface area contributed by atoms with E-state index < -0.39 is 0 Å². The van der Waals surface area contributed by atoms with Crippen molar-refractivity contribution in [3.63, 3.8) is 0 Å². The van der Waals surface area contributed by atoms with E-state index in [4.69, 9.17) is 9.47 Å². The molecule has 0 radical (unpaired) electrons. The van der Waals surface area contributed by atoms with Gasteiger partial charge in [-0.25, -0.2) is 0 Å². The van der Waals surface area contributed by atoms with Crippen LogP contribution in [0.5, 0.6) is 0 Å². The SMILES string of the molecule is CCNC(CCN1CCC(OC)C1)C(=O)OC. The topological polar surface area (TPSA) is 50.8 Å². The van der Waals surface area contributed by atoms with Crippen LogP contribution in [-0.4, -0.2) is 63.4 Å². The van der Waals surface area contributed by atoms with E-state index in [1.165, 1.54) is 7.11 Å². The number of ether oxygens (including phenoxy) is 2. The standard InChI is InChI=1S/C12H24N2O3/c1-4-13-11(12(15)17-3)6-8-14-7-5-10(9-14)16-2/h10-11,13H,4-9H2,1-3H3. The number of hydrogen-bond acceptors (Lipinski definition) is 5. The molecule has 17 heavy (non-hydrogen) atoms. The molecule has 100 valence electrons. The minimum Gasteiger partial charge on any atom is -0.468 e. The quantitative estimate of drug-likeness (QED) is 0.651. The maximum Gasteiger partial charge on any atom is 0.322 e. The summed E-state index contributed by atoms with van der Waals surface area (Å²) in [7, 11) is 3.19. The molecule has 1 rings (SSSR count). The average Bonchev–Trinajstić information content (AvgIpc) is 2.81. The zero-order chi connectivity index (χ0) is 12.7. The molecule has 1 aliphatic rings. The Labute approximate surface area is 103 Å². The van der Waals surface area contributed by atoms with Gasteiger partial charge in [-0.1, -0.05) is 6.92 Å². The van der Waals surface area contributed by atoms with Gasteiger partial charge in [-0.15, -0.1) is 0 Å². The summed E-state index contributed by atoms with van der Waals surface area (Å²) < 4.78 is 10.1. The van der Waals surface area contributed by atoms with Crippen LogP contribution >= 0.6 is 0 Å². The van der Waals surface area contributed by atoms with Gasteiger partial charge in [0, 0.05) is 26.7 Å². The Kier molecular flexibility index (Phi) is 6.47. The molecular weight excluding hydrogens is 220 g/mol. The number of hydrogen-bond donors (Lipinski definition) is 1. The normalized spacial score (nSPS) is 22.6. The smallest absolute Gasteiger partial charge is 0.322 e. The number of methoxy groups -OCH3 is 2. The number of carbonyl (C=O) groups excluding carboxylic acids is 1.